The van der Waals surface area contributed by atoms with Crippen molar-refractivity contribution in [3.05, 3.63) is 52.8 Å². The summed E-state index contributed by atoms with van der Waals surface area (Å²) in [6.45, 7) is 2.51. The number of carbonyl (C=O) groups is 1. The zero-order valence-electron chi connectivity index (χ0n) is 15.6. The number of ether oxygens (including phenoxy) is 1. The van der Waals surface area contributed by atoms with E-state index < -0.39 is 11.7 Å². The summed E-state index contributed by atoms with van der Waals surface area (Å²) < 4.78 is 10.7. The van der Waals surface area contributed by atoms with Gasteiger partial charge < -0.3 is 9.84 Å². The number of carboxylic acids is 1. The highest BCUT2D eigenvalue weighted by atomic mass is 16.5. The quantitative estimate of drug-likeness (QED) is 0.555. The highest BCUT2D eigenvalue weighted by Crippen LogP contribution is 2.32. The predicted octanol–water partition coefficient (Wildman–Crippen LogP) is 1.34. The van der Waals surface area contributed by atoms with Gasteiger partial charge >= 0.3 is 5.97 Å². The summed E-state index contributed by atoms with van der Waals surface area (Å²) in [4.78, 5) is 29.0. The molecular weight excluding hydrogens is 376 g/mol. The van der Waals surface area contributed by atoms with E-state index in [1.807, 2.05) is 31.2 Å². The Morgan fingerprint density at radius 2 is 2.10 bits per heavy atom. The van der Waals surface area contributed by atoms with Crippen molar-refractivity contribution >= 4 is 22.5 Å². The molecule has 1 atom stereocenters. The highest BCUT2D eigenvalue weighted by Gasteiger charge is 2.35. The van der Waals surface area contributed by atoms with Gasteiger partial charge in [0, 0.05) is 6.61 Å². The molecule has 1 aliphatic rings. The third-order valence-electron chi connectivity index (χ3n) is 5.30. The number of hydrogen-bond acceptors (Lipinski definition) is 6. The molecule has 148 valence electrons. The molecule has 1 saturated heterocycles. The number of rotatable bonds is 4. The Bertz CT molecular complexity index is 1310. The van der Waals surface area contributed by atoms with E-state index in [1.165, 1.54) is 10.9 Å². The van der Waals surface area contributed by atoms with E-state index in [9.17, 15) is 9.59 Å². The first-order chi connectivity index (χ1) is 14.0. The second-order valence-electron chi connectivity index (χ2n) is 7.27. The molecule has 5 rings (SSSR count). The van der Waals surface area contributed by atoms with E-state index in [0.29, 0.717) is 17.9 Å². The van der Waals surface area contributed by atoms with E-state index in [1.54, 1.807) is 15.3 Å². The summed E-state index contributed by atoms with van der Waals surface area (Å²) in [5.74, 6) is -0.716. The molecule has 10 heteroatoms. The van der Waals surface area contributed by atoms with Gasteiger partial charge in [-0.05, 0) is 31.9 Å². The van der Waals surface area contributed by atoms with Crippen LogP contribution in [0.2, 0.25) is 0 Å². The normalized spacial score (nSPS) is 19.3. The third-order valence-corrected chi connectivity index (χ3v) is 5.30. The van der Waals surface area contributed by atoms with Crippen LogP contribution >= 0.6 is 0 Å². The van der Waals surface area contributed by atoms with Crippen LogP contribution in [0.5, 0.6) is 0 Å². The van der Waals surface area contributed by atoms with Gasteiger partial charge in [-0.25, -0.2) is 4.98 Å². The van der Waals surface area contributed by atoms with Crippen molar-refractivity contribution in [2.45, 2.75) is 31.9 Å². The number of carboxylic acid groups (broad SMARTS) is 1. The lowest BCUT2D eigenvalue weighted by atomic mass is 10.1. The minimum atomic E-state index is -1.01. The van der Waals surface area contributed by atoms with Gasteiger partial charge in [0.25, 0.3) is 5.56 Å². The standard InChI is InChI=1S/C19H18N6O4/c1-19(7-4-8-29-19)25-14-6-3-2-5-13(14)23-11-20-17(16(23)18(25)28)24-10-12(21-22-24)9-15(26)27/h2-3,5-6,10-11H,4,7-9H2,1H3,(H,26,27). The number of nitrogens with zero attached hydrogens (tertiary/aromatic N) is 6. The van der Waals surface area contributed by atoms with E-state index >= 15 is 0 Å². The second kappa shape index (κ2) is 6.24. The predicted molar refractivity (Wildman–Crippen MR) is 102 cm³/mol. The Balaban J connectivity index is 1.81. The molecule has 1 unspecified atom stereocenters. The molecule has 4 aromatic rings. The molecule has 0 radical (unpaired) electrons. The smallest absolute Gasteiger partial charge is 0.309 e. The molecule has 1 aromatic carbocycles. The van der Waals surface area contributed by atoms with Crippen molar-refractivity contribution in [3.8, 4) is 5.82 Å². The van der Waals surface area contributed by atoms with Crippen LogP contribution in [0.25, 0.3) is 22.4 Å². The van der Waals surface area contributed by atoms with Crippen molar-refractivity contribution in [2.24, 2.45) is 0 Å². The van der Waals surface area contributed by atoms with Crippen LogP contribution in [-0.4, -0.2) is 46.6 Å². The molecular formula is C19H18N6O4. The molecule has 0 spiro atoms. The maximum Gasteiger partial charge on any atom is 0.309 e. The van der Waals surface area contributed by atoms with Crippen LogP contribution in [0.3, 0.4) is 0 Å². The largest absolute Gasteiger partial charge is 0.481 e. The number of benzene rings is 1. The Morgan fingerprint density at radius 3 is 2.83 bits per heavy atom. The fourth-order valence-electron chi connectivity index (χ4n) is 4.01. The summed E-state index contributed by atoms with van der Waals surface area (Å²) in [6.07, 6.45) is 4.38. The average molecular weight is 394 g/mol. The second-order valence-corrected chi connectivity index (χ2v) is 7.27. The van der Waals surface area contributed by atoms with Gasteiger partial charge in [-0.1, -0.05) is 17.3 Å². The van der Waals surface area contributed by atoms with Crippen molar-refractivity contribution in [3.63, 3.8) is 0 Å². The van der Waals surface area contributed by atoms with Crippen LogP contribution in [0, 0.1) is 0 Å². The minimum absolute atomic E-state index is 0.254. The van der Waals surface area contributed by atoms with E-state index in [4.69, 9.17) is 9.84 Å². The van der Waals surface area contributed by atoms with Gasteiger partial charge in [0.1, 0.15) is 12.1 Å². The minimum Gasteiger partial charge on any atom is -0.481 e. The van der Waals surface area contributed by atoms with Crippen LogP contribution in [0.15, 0.2) is 41.6 Å². The lowest BCUT2D eigenvalue weighted by molar-refractivity contribution is -0.136. The molecule has 29 heavy (non-hydrogen) atoms. The number of para-hydroxylation sites is 2. The third kappa shape index (κ3) is 2.64. The van der Waals surface area contributed by atoms with Crippen LogP contribution in [0.4, 0.5) is 0 Å². The molecule has 10 nitrogen and oxygen atoms in total. The monoisotopic (exact) mass is 394 g/mol. The summed E-state index contributed by atoms with van der Waals surface area (Å²) in [6, 6.07) is 7.59. The molecule has 1 N–H and O–H groups in total. The fourth-order valence-corrected chi connectivity index (χ4v) is 4.01. The van der Waals surface area contributed by atoms with Crippen LogP contribution < -0.4 is 5.56 Å². The molecule has 0 bridgehead atoms. The van der Waals surface area contributed by atoms with Gasteiger partial charge in [-0.15, -0.1) is 5.10 Å². The summed E-state index contributed by atoms with van der Waals surface area (Å²) in [5, 5.41) is 16.8. The molecule has 0 saturated carbocycles. The highest BCUT2D eigenvalue weighted by molar-refractivity contribution is 5.81. The van der Waals surface area contributed by atoms with Gasteiger partial charge in [0.05, 0.1) is 29.3 Å². The zero-order valence-corrected chi connectivity index (χ0v) is 15.6. The molecule has 1 aliphatic heterocycles. The average Bonchev–Trinajstić information content (AvgIpc) is 3.41. The lowest BCUT2D eigenvalue weighted by Crippen LogP contribution is -2.39. The van der Waals surface area contributed by atoms with Gasteiger partial charge in [0.15, 0.2) is 11.3 Å². The zero-order chi connectivity index (χ0) is 20.2. The Labute approximate surface area is 164 Å². The molecule has 1 fully saturated rings. The van der Waals surface area contributed by atoms with Crippen LogP contribution in [-0.2, 0) is 21.7 Å². The van der Waals surface area contributed by atoms with Gasteiger partial charge in [-0.2, -0.15) is 4.68 Å². The summed E-state index contributed by atoms with van der Waals surface area (Å²) in [7, 11) is 0. The Morgan fingerprint density at radius 1 is 1.31 bits per heavy atom. The summed E-state index contributed by atoms with van der Waals surface area (Å²) >= 11 is 0. The number of imidazole rings is 1. The maximum absolute atomic E-state index is 13.6. The number of aromatic nitrogens is 6. The Kier molecular flexibility index (Phi) is 3.78. The van der Waals surface area contributed by atoms with E-state index in [-0.39, 0.29) is 17.7 Å². The van der Waals surface area contributed by atoms with Crippen molar-refractivity contribution in [1.29, 1.82) is 0 Å². The first-order valence-corrected chi connectivity index (χ1v) is 9.26. The van der Waals surface area contributed by atoms with Crippen molar-refractivity contribution in [2.75, 3.05) is 6.61 Å². The SMILES string of the molecule is CC1(n2c(=O)c3c(-n4cc(CC(=O)O)nn4)ncn3c3ccccc32)CCCO1. The molecule has 0 amide bonds. The molecule has 3 aromatic heterocycles. The van der Waals surface area contributed by atoms with E-state index in [0.717, 1.165) is 23.9 Å². The Hall–Kier alpha value is -3.53. The van der Waals surface area contributed by atoms with Gasteiger partial charge in [-0.3, -0.25) is 18.6 Å². The molecule has 0 aliphatic carbocycles. The fraction of sp³-hybridized carbons (Fsp3) is 0.316. The van der Waals surface area contributed by atoms with E-state index in [2.05, 4.69) is 15.3 Å². The van der Waals surface area contributed by atoms with Crippen molar-refractivity contribution in [1.82, 2.24) is 28.9 Å². The number of aliphatic carboxylic acids is 1. The van der Waals surface area contributed by atoms with Crippen LogP contribution in [0.1, 0.15) is 25.5 Å². The van der Waals surface area contributed by atoms with Gasteiger partial charge in [0.2, 0.25) is 0 Å². The molecule has 4 heterocycles. The first kappa shape index (κ1) is 17.6. The lowest BCUT2D eigenvalue weighted by Gasteiger charge is -2.28. The summed E-state index contributed by atoms with van der Waals surface area (Å²) in [5.41, 5.74) is 1.16. The number of fused-ring (bicyclic) bond motifs is 3. The topological polar surface area (TPSA) is 117 Å². The first-order valence-electron chi connectivity index (χ1n) is 9.26. The van der Waals surface area contributed by atoms with Crippen molar-refractivity contribution < 1.29 is 14.6 Å². The number of hydrogen-bond donors (Lipinski definition) is 1. The maximum atomic E-state index is 13.6.